The summed E-state index contributed by atoms with van der Waals surface area (Å²) in [4.78, 5) is 0.141. The lowest BCUT2D eigenvalue weighted by Gasteiger charge is -2.32. The zero-order chi connectivity index (χ0) is 26.2. The highest BCUT2D eigenvalue weighted by Gasteiger charge is 2.34. The number of nitrogens with zero attached hydrogens (tertiary/aromatic N) is 2. The molecule has 0 amide bonds. The van der Waals surface area contributed by atoms with E-state index >= 15 is 0 Å². The minimum Gasteiger partial charge on any atom is -0.497 e. The minimum absolute atomic E-state index is 0.141. The van der Waals surface area contributed by atoms with Gasteiger partial charge in [-0.05, 0) is 67.1 Å². The lowest BCUT2D eigenvalue weighted by Crippen LogP contribution is -2.38. The molecule has 37 heavy (non-hydrogen) atoms. The van der Waals surface area contributed by atoms with Crippen molar-refractivity contribution in [1.29, 1.82) is 0 Å². The molecule has 3 aromatic carbocycles. The largest absolute Gasteiger partial charge is 0.497 e. The predicted octanol–water partition coefficient (Wildman–Crippen LogP) is 6.24. The molecule has 1 saturated heterocycles. The van der Waals surface area contributed by atoms with Crippen LogP contribution in [0, 0.1) is 6.92 Å². The summed E-state index contributed by atoms with van der Waals surface area (Å²) >= 11 is 6.25. The first kappa shape index (κ1) is 25.6. The Balaban J connectivity index is 1.43. The van der Waals surface area contributed by atoms with Crippen molar-refractivity contribution in [2.45, 2.75) is 37.1 Å². The van der Waals surface area contributed by atoms with Crippen molar-refractivity contribution < 1.29 is 17.9 Å². The van der Waals surface area contributed by atoms with Gasteiger partial charge in [0.15, 0.2) is 0 Å². The number of hydrogen-bond donors (Lipinski definition) is 0. The maximum atomic E-state index is 13.6. The van der Waals surface area contributed by atoms with Crippen LogP contribution >= 0.6 is 11.6 Å². The summed E-state index contributed by atoms with van der Waals surface area (Å²) in [6, 6.07) is 21.3. The molecule has 0 aliphatic carbocycles. The molecule has 0 atom stereocenters. The number of fused-ring (bicyclic) bond motifs is 1. The quantitative estimate of drug-likeness (QED) is 0.279. The lowest BCUT2D eigenvalue weighted by molar-refractivity contribution is 0.317. The molecule has 0 unspecified atom stereocenters. The summed E-state index contributed by atoms with van der Waals surface area (Å²) in [5, 5.41) is 1.96. The fraction of sp³-hybridized carbons (Fsp3) is 0.310. The SMILES string of the molecule is COc1ccc(OC)c(S(=O)(=O)N2CCC(c3c(C)n(Cc4cccc(Cl)c4)c4ccccc34)CC2)c1. The molecule has 8 heteroatoms. The van der Waals surface area contributed by atoms with Gasteiger partial charge in [-0.1, -0.05) is 41.9 Å². The number of rotatable bonds is 7. The van der Waals surface area contributed by atoms with Crippen molar-refractivity contribution in [2.75, 3.05) is 27.3 Å². The standard InChI is InChI=1S/C29H31ClN2O4S/c1-20-29(25-9-4-5-10-26(25)32(20)19-21-7-6-8-23(30)17-21)22-13-15-31(16-14-22)37(33,34)28-18-24(35-2)11-12-27(28)36-3/h4-12,17-18,22H,13-16,19H2,1-3H3. The molecule has 1 aromatic heterocycles. The third-order valence-corrected chi connectivity index (χ3v) is 9.52. The second-order valence-corrected chi connectivity index (χ2v) is 11.8. The van der Waals surface area contributed by atoms with Crippen molar-refractivity contribution >= 4 is 32.5 Å². The topological polar surface area (TPSA) is 60.8 Å². The number of hydrogen-bond acceptors (Lipinski definition) is 4. The van der Waals surface area contributed by atoms with Crippen LogP contribution < -0.4 is 9.47 Å². The molecule has 0 bridgehead atoms. The Bertz CT molecular complexity index is 1540. The molecule has 4 aromatic rings. The molecule has 6 nitrogen and oxygen atoms in total. The number of para-hydroxylation sites is 1. The van der Waals surface area contributed by atoms with Crippen molar-refractivity contribution in [3.63, 3.8) is 0 Å². The second-order valence-electron chi connectivity index (χ2n) is 9.43. The van der Waals surface area contributed by atoms with E-state index in [2.05, 4.69) is 41.8 Å². The van der Waals surface area contributed by atoms with E-state index in [9.17, 15) is 8.42 Å². The summed E-state index contributed by atoms with van der Waals surface area (Å²) in [6.45, 7) is 3.79. The summed E-state index contributed by atoms with van der Waals surface area (Å²) in [7, 11) is -0.721. The van der Waals surface area contributed by atoms with E-state index in [1.807, 2.05) is 18.2 Å². The zero-order valence-corrected chi connectivity index (χ0v) is 22.8. The van der Waals surface area contributed by atoms with Crippen LogP contribution in [0.15, 0.2) is 71.6 Å². The van der Waals surface area contributed by atoms with Gasteiger partial charge in [-0.15, -0.1) is 0 Å². The maximum Gasteiger partial charge on any atom is 0.246 e. The molecule has 0 saturated carbocycles. The highest BCUT2D eigenvalue weighted by molar-refractivity contribution is 7.89. The molecule has 1 aliphatic rings. The average Bonchev–Trinajstić information content (AvgIpc) is 3.19. The Hall–Kier alpha value is -3.00. The van der Waals surface area contributed by atoms with Gasteiger partial charge in [0, 0.05) is 47.3 Å². The van der Waals surface area contributed by atoms with Gasteiger partial charge in [-0.25, -0.2) is 8.42 Å². The third-order valence-electron chi connectivity index (χ3n) is 7.36. The van der Waals surface area contributed by atoms with Crippen LogP contribution in [0.5, 0.6) is 11.5 Å². The summed E-state index contributed by atoms with van der Waals surface area (Å²) < 4.78 is 41.7. The van der Waals surface area contributed by atoms with Gasteiger partial charge in [0.25, 0.3) is 0 Å². The predicted molar refractivity (Wildman–Crippen MR) is 148 cm³/mol. The van der Waals surface area contributed by atoms with Crippen molar-refractivity contribution in [3.05, 3.63) is 88.6 Å². The Morgan fingerprint density at radius 1 is 0.946 bits per heavy atom. The molecule has 1 fully saturated rings. The van der Waals surface area contributed by atoms with Crippen molar-refractivity contribution in [1.82, 2.24) is 8.87 Å². The Morgan fingerprint density at radius 3 is 2.41 bits per heavy atom. The van der Waals surface area contributed by atoms with Crippen LogP contribution in [0.2, 0.25) is 5.02 Å². The number of methoxy groups -OCH3 is 2. The molecular formula is C29H31ClN2O4S. The number of benzene rings is 3. The van der Waals surface area contributed by atoms with Gasteiger partial charge in [-0.3, -0.25) is 0 Å². The van der Waals surface area contributed by atoms with E-state index in [1.165, 1.54) is 42.4 Å². The number of aromatic nitrogens is 1. The van der Waals surface area contributed by atoms with Crippen LogP contribution in [-0.4, -0.2) is 44.6 Å². The fourth-order valence-electron chi connectivity index (χ4n) is 5.50. The van der Waals surface area contributed by atoms with Crippen LogP contribution in [0.1, 0.15) is 35.6 Å². The second kappa shape index (κ2) is 10.4. The molecule has 194 valence electrons. The summed E-state index contributed by atoms with van der Waals surface area (Å²) in [5.41, 5.74) is 4.87. The number of sulfonamides is 1. The van der Waals surface area contributed by atoms with E-state index in [0.717, 1.165) is 30.0 Å². The average molecular weight is 539 g/mol. The molecule has 5 rings (SSSR count). The molecule has 0 spiro atoms. The van der Waals surface area contributed by atoms with Crippen LogP contribution in [0.25, 0.3) is 10.9 Å². The van der Waals surface area contributed by atoms with E-state index in [4.69, 9.17) is 21.1 Å². The molecule has 2 heterocycles. The first-order valence-electron chi connectivity index (χ1n) is 12.4. The number of piperidine rings is 1. The Kier molecular flexibility index (Phi) is 7.21. The van der Waals surface area contributed by atoms with Gasteiger partial charge in [-0.2, -0.15) is 4.31 Å². The van der Waals surface area contributed by atoms with Crippen LogP contribution in [-0.2, 0) is 16.6 Å². The van der Waals surface area contributed by atoms with E-state index in [1.54, 1.807) is 16.4 Å². The highest BCUT2D eigenvalue weighted by atomic mass is 35.5. The normalized spacial score (nSPS) is 15.2. The maximum absolute atomic E-state index is 13.6. The van der Waals surface area contributed by atoms with Crippen LogP contribution in [0.4, 0.5) is 0 Å². The van der Waals surface area contributed by atoms with E-state index in [-0.39, 0.29) is 10.8 Å². The Morgan fingerprint density at radius 2 is 1.70 bits per heavy atom. The van der Waals surface area contributed by atoms with Crippen molar-refractivity contribution in [2.24, 2.45) is 0 Å². The first-order valence-corrected chi connectivity index (χ1v) is 14.2. The summed E-state index contributed by atoms with van der Waals surface area (Å²) in [5.74, 6) is 1.07. The van der Waals surface area contributed by atoms with Crippen molar-refractivity contribution in [3.8, 4) is 11.5 Å². The summed E-state index contributed by atoms with van der Waals surface area (Å²) in [6.07, 6.45) is 1.50. The third kappa shape index (κ3) is 4.83. The first-order chi connectivity index (χ1) is 17.8. The van der Waals surface area contributed by atoms with Gasteiger partial charge >= 0.3 is 0 Å². The molecular weight excluding hydrogens is 508 g/mol. The molecule has 0 radical (unpaired) electrons. The smallest absolute Gasteiger partial charge is 0.246 e. The molecule has 0 N–H and O–H groups in total. The van der Waals surface area contributed by atoms with Gasteiger partial charge < -0.3 is 14.0 Å². The monoisotopic (exact) mass is 538 g/mol. The Labute approximate surface area is 223 Å². The van der Waals surface area contributed by atoms with Gasteiger partial charge in [0.05, 0.1) is 14.2 Å². The fourth-order valence-corrected chi connectivity index (χ4v) is 7.36. The van der Waals surface area contributed by atoms with E-state index in [0.29, 0.717) is 24.6 Å². The lowest BCUT2D eigenvalue weighted by atomic mass is 9.88. The number of ether oxygens (including phenoxy) is 2. The number of halogens is 1. The van der Waals surface area contributed by atoms with E-state index < -0.39 is 10.0 Å². The molecule has 1 aliphatic heterocycles. The van der Waals surface area contributed by atoms with Gasteiger partial charge in [0.2, 0.25) is 10.0 Å². The van der Waals surface area contributed by atoms with Gasteiger partial charge in [0.1, 0.15) is 16.4 Å². The highest BCUT2D eigenvalue weighted by Crippen LogP contribution is 2.40. The minimum atomic E-state index is -3.72. The van der Waals surface area contributed by atoms with Crippen LogP contribution in [0.3, 0.4) is 0 Å². The zero-order valence-electron chi connectivity index (χ0n) is 21.3.